The van der Waals surface area contributed by atoms with Crippen molar-refractivity contribution in [1.82, 2.24) is 0 Å². The zero-order valence-electron chi connectivity index (χ0n) is 95.7. The summed E-state index contributed by atoms with van der Waals surface area (Å²) >= 11 is 0. The Bertz CT molecular complexity index is 2850. The predicted molar refractivity (Wildman–Crippen MR) is 583 cm³/mol. The molecule has 1 aliphatic rings. The van der Waals surface area contributed by atoms with Crippen LogP contribution in [0, 0.1) is 5.92 Å². The van der Waals surface area contributed by atoms with Crippen LogP contribution < -0.4 is 10.9 Å². The van der Waals surface area contributed by atoms with Crippen LogP contribution in [0.2, 0.25) is 48.9 Å². The van der Waals surface area contributed by atoms with Crippen molar-refractivity contribution in [3.05, 3.63) is 66.2 Å². The first-order valence-corrected chi connectivity index (χ1v) is 69.8. The van der Waals surface area contributed by atoms with E-state index in [0.717, 1.165) is 67.7 Å². The van der Waals surface area contributed by atoms with Crippen LogP contribution in [0.1, 0.15) is 238 Å². The van der Waals surface area contributed by atoms with E-state index in [2.05, 4.69) is 32.9 Å². The summed E-state index contributed by atoms with van der Waals surface area (Å²) in [6.07, 6.45) is 15.2. The molecule has 0 amide bonds. The van der Waals surface area contributed by atoms with Crippen molar-refractivity contribution in [3.63, 3.8) is 0 Å². The number of halogens is 6. The van der Waals surface area contributed by atoms with E-state index in [4.69, 9.17) is 152 Å². The normalized spacial score (nSPS) is 13.0. The van der Waals surface area contributed by atoms with Crippen molar-refractivity contribution >= 4 is 93.5 Å². The zero-order chi connectivity index (χ0) is 111. The second-order valence-electron chi connectivity index (χ2n) is 31.9. The molecule has 0 bridgehead atoms. The lowest BCUT2D eigenvalue weighted by Gasteiger charge is -2.28. The van der Waals surface area contributed by atoms with Crippen LogP contribution in [0.5, 0.6) is 0 Å². The topological polar surface area (TPSA) is 334 Å². The van der Waals surface area contributed by atoms with E-state index >= 15 is 0 Å². The van der Waals surface area contributed by atoms with Crippen LogP contribution in [-0.2, 0) is 153 Å². The number of hydrogen-bond acceptors (Lipinski definition) is 34. The maximum atomic E-state index is 12.1. The van der Waals surface area contributed by atoms with E-state index < -0.39 is 113 Å². The Morgan fingerprint density at radius 1 is 0.317 bits per heavy atom. The maximum Gasteiger partial charge on any atom is 0.679 e. The number of ether oxygens (including phenoxy) is 2. The number of alkyl halides is 6. The molecule has 1 atom stereocenters. The molecule has 145 heavy (non-hydrogen) atoms. The summed E-state index contributed by atoms with van der Waals surface area (Å²) < 4.78 is 246. The molecule has 50 heteroatoms. The molecule has 2 N–H and O–H groups in total. The molecule has 1 fully saturated rings. The summed E-state index contributed by atoms with van der Waals surface area (Å²) in [5.41, 5.74) is 6.76. The molecule has 34 nitrogen and oxygen atoms in total. The van der Waals surface area contributed by atoms with Crippen LogP contribution in [0.25, 0.3) is 0 Å². The van der Waals surface area contributed by atoms with Gasteiger partial charge in [-0.3, -0.25) is 0 Å². The number of rotatable bonds is 78. The zero-order valence-corrected chi connectivity index (χ0v) is 106. The molecule has 0 radical (unpaired) electrons. The number of hydrogen-bond donors (Lipinski definition) is 1. The highest BCUT2D eigenvalue weighted by Gasteiger charge is 2.48. The molecule has 3 rings (SSSR count). The van der Waals surface area contributed by atoms with Gasteiger partial charge in [-0.2, -0.15) is 26.3 Å². The van der Waals surface area contributed by atoms with Gasteiger partial charge in [0.2, 0.25) is 0 Å². The molecule has 0 aromatic heterocycles. The third-order valence-electron chi connectivity index (χ3n) is 21.6. The van der Waals surface area contributed by atoms with Crippen LogP contribution in [-0.4, -0.2) is 348 Å². The third-order valence-corrected chi connectivity index (χ3v) is 49.6. The average Bonchev–Trinajstić information content (AvgIpc) is 0.832. The predicted octanol–water partition coefficient (Wildman–Crippen LogP) is 21.5. The van der Waals surface area contributed by atoms with Crippen molar-refractivity contribution in [2.75, 3.05) is 242 Å². The third kappa shape index (κ3) is 82.0. The quantitative estimate of drug-likeness (QED) is 0.0278. The summed E-state index contributed by atoms with van der Waals surface area (Å²) in [7, 11) is 7.95. The fourth-order valence-corrected chi connectivity index (χ4v) is 31.8. The molecule has 1 unspecified atom stereocenters. The van der Waals surface area contributed by atoms with Gasteiger partial charge in [0.15, 0.2) is 0 Å². The van der Waals surface area contributed by atoms with Crippen LogP contribution in [0.4, 0.5) is 26.3 Å². The van der Waals surface area contributed by atoms with Crippen molar-refractivity contribution in [1.29, 1.82) is 0 Å². The molecule has 0 spiro atoms. The Hall–Kier alpha value is -1.17. The summed E-state index contributed by atoms with van der Waals surface area (Å²) in [5, 5.41) is 0.975. The fraction of sp³-hybridized carbons (Fsp3) is 0.874. The van der Waals surface area contributed by atoms with Crippen LogP contribution >= 0.6 is 0 Å². The number of epoxide rings is 1. The maximum absolute atomic E-state index is 12.1. The molecule has 874 valence electrons. The second-order valence-corrected chi connectivity index (χ2v) is 60.8. The van der Waals surface area contributed by atoms with E-state index in [-0.39, 0.29) is 25.9 Å². The Labute approximate surface area is 887 Å². The Balaban J connectivity index is -0.000000242. The van der Waals surface area contributed by atoms with Gasteiger partial charge in [0.25, 0.3) is 0 Å². The average molecular weight is 2290 g/mol. The minimum atomic E-state index is -4.20. The van der Waals surface area contributed by atoms with Crippen LogP contribution in [0.3, 0.4) is 0 Å². The number of nitrogens with two attached hydrogens (primary N) is 1. The number of unbranched alkanes of at least 4 members (excludes halogenated alkanes) is 15. The smallest absolute Gasteiger partial charge is 0.379 e. The highest BCUT2D eigenvalue weighted by atomic mass is 28.4. The first kappa shape index (κ1) is 159. The van der Waals surface area contributed by atoms with Gasteiger partial charge in [-0.25, -0.2) is 0 Å². The Morgan fingerprint density at radius 3 is 0.848 bits per heavy atom. The molecule has 0 saturated carbocycles. The molecular weight excluding hydrogens is 2080 g/mol. The van der Waals surface area contributed by atoms with Gasteiger partial charge in [-0.15, -0.1) is 0 Å². The minimum absolute atomic E-state index is 0. The van der Waals surface area contributed by atoms with Gasteiger partial charge in [0, 0.05) is 289 Å². The Morgan fingerprint density at radius 2 is 0.593 bits per heavy atom. The largest absolute Gasteiger partial charge is 0.679 e. The highest BCUT2D eigenvalue weighted by molar-refractivity contribution is 6.75. The monoisotopic (exact) mass is 2290 g/mol. The molecule has 2 aromatic carbocycles. The molecule has 1 heterocycles. The Kier molecular flexibility index (Phi) is 111. The van der Waals surface area contributed by atoms with Gasteiger partial charge >= 0.3 is 101 Å². The van der Waals surface area contributed by atoms with Gasteiger partial charge in [0.1, 0.15) is 6.10 Å². The lowest BCUT2D eigenvalue weighted by molar-refractivity contribution is -0.135. The summed E-state index contributed by atoms with van der Waals surface area (Å²) in [6.45, 7) is 35.3. The van der Waals surface area contributed by atoms with E-state index in [1.165, 1.54) is 123 Å². The number of benzene rings is 2. The molecule has 1 aliphatic heterocycles. The second kappa shape index (κ2) is 101. The van der Waals surface area contributed by atoms with Crippen LogP contribution in [0.15, 0.2) is 60.7 Å². The van der Waals surface area contributed by atoms with Gasteiger partial charge in [-0.1, -0.05) is 185 Å². The van der Waals surface area contributed by atoms with Gasteiger partial charge in [-0.05, 0) is 119 Å². The van der Waals surface area contributed by atoms with Crippen molar-refractivity contribution in [2.45, 2.75) is 306 Å². The molecule has 2 aromatic rings. The van der Waals surface area contributed by atoms with Crippen molar-refractivity contribution in [2.24, 2.45) is 11.7 Å². The summed E-state index contributed by atoms with van der Waals surface area (Å²) in [6, 6.07) is 24.2. The SMILES string of the molecule is C.CCCCCCCCCCCCCCCCCC[Si](OC)(OC)OC.CCO[Si](CCCC(F)(F)F)(OCC)OCC.CCO[Si](CCCN)(OCC)OCC.CCO[Si](OCC)(OCC)OCC.CO[Si](C)(OC)OC.CO[Si](CC(C)C)(OC)OC.CO[Si](CCC(F)(F)F)(OC)OC.CO[Si](CCCOCC1CO1)(OC)OC.CO[Si](CCc1ccccc1)(OC)OC.CO[Si](OC)(OC)c1ccccc1. The highest BCUT2D eigenvalue weighted by Crippen LogP contribution is 2.30. The lowest BCUT2D eigenvalue weighted by Crippen LogP contribution is -2.54. The van der Waals surface area contributed by atoms with E-state index in [1.54, 1.807) is 149 Å². The van der Waals surface area contributed by atoms with Crippen molar-refractivity contribution in [3.8, 4) is 0 Å². The van der Waals surface area contributed by atoms with Gasteiger partial charge < -0.3 is 152 Å². The minimum Gasteiger partial charge on any atom is -0.379 e. The molecular formula is C95H209F6NO33Si10. The molecule has 0 aliphatic carbocycles. The number of aryl methyl sites for hydroxylation is 1. The van der Waals surface area contributed by atoms with Gasteiger partial charge in [0.05, 0.1) is 13.2 Å². The van der Waals surface area contributed by atoms with E-state index in [1.807, 2.05) is 104 Å². The summed E-state index contributed by atoms with van der Waals surface area (Å²) in [4.78, 5) is 0. The standard InChI is InChI=1S/C21H46O3Si.C11H18O3Si.C10H21F3O3Si.C9H23NO3Si.C9H20O5Si.C9H14O3Si.C8H20O4Si.C7H18O3Si.C6H13F3O3Si.C4H12O3Si.CH4/c1-5-6-7-8-9-10-11-12-13-14-15-16-17-18-19-20-21-25(22-2,23-3)24-4;1-12-15(13-2,14-3)10-9-11-7-5-4-6-8-11;1-4-14-17(15-5-2,16-6-3)9-7-8-10(11,12)13;1-4-11-14(12-5-2,13-6-3)9-7-8-10;1-10-15(11-2,12-3)6-4-5-13-7-9-8-14-9;1-10-13(11-2,12-3)9-7-5-4-6-8-9;1-5-9-13(10-6-2,11-7-3)12-8-4;1-7(2)6-11(8-3,9-4)10-5;1-10-13(11-2,12-3)5-4-6(7,8)9;1-5-8(4,6-2)7-3;/h5-21H2,1-4H3;4-8H,9-10H2,1-3H3;4-9H2,1-3H3;4-10H2,1-3H3;9H,4-8H2,1-3H3;4-8H,1-3H3;5-8H2,1-4H3;7H,6H2,1-5H3;4-5H2,1-3H3;1-4H3;1H4. The fourth-order valence-electron chi connectivity index (χ4n) is 13.4. The van der Waals surface area contributed by atoms with E-state index in [0.29, 0.717) is 97.8 Å². The first-order valence-electron chi connectivity index (χ1n) is 50.7. The first-order chi connectivity index (χ1) is 68.6. The molecule has 1 saturated heterocycles. The van der Waals surface area contributed by atoms with E-state index in [9.17, 15) is 26.3 Å². The lowest BCUT2D eigenvalue weighted by atomic mass is 10.0. The summed E-state index contributed by atoms with van der Waals surface area (Å²) in [5.74, 6) is 0.543. The van der Waals surface area contributed by atoms with Crippen molar-refractivity contribution < 1.29 is 173 Å².